The normalized spacial score (nSPS) is 23.9. The Morgan fingerprint density at radius 3 is 2.32 bits per heavy atom. The van der Waals surface area contributed by atoms with Gasteiger partial charge in [0.05, 0.1) is 34.7 Å². The molecule has 2 aromatic carbocycles. The van der Waals surface area contributed by atoms with Crippen LogP contribution in [0, 0.1) is 11.8 Å². The Morgan fingerprint density at radius 2 is 1.76 bits per heavy atom. The van der Waals surface area contributed by atoms with Gasteiger partial charge in [-0.3, -0.25) is 9.88 Å². The first kappa shape index (κ1) is 29.3. The van der Waals surface area contributed by atoms with Crippen molar-refractivity contribution in [3.63, 3.8) is 0 Å². The highest BCUT2D eigenvalue weighted by molar-refractivity contribution is 7.89. The van der Waals surface area contributed by atoms with Crippen molar-refractivity contribution < 1.29 is 39.5 Å². The van der Waals surface area contributed by atoms with Gasteiger partial charge in [-0.1, -0.05) is 6.08 Å². The van der Waals surface area contributed by atoms with E-state index in [-0.39, 0.29) is 30.0 Å². The fourth-order valence-electron chi connectivity index (χ4n) is 5.93. The minimum Gasteiger partial charge on any atom is -0.497 e. The van der Waals surface area contributed by atoms with Crippen molar-refractivity contribution in [1.82, 2.24) is 14.6 Å². The lowest BCUT2D eigenvalue weighted by molar-refractivity contribution is -0.143. The van der Waals surface area contributed by atoms with E-state index in [1.807, 2.05) is 6.08 Å². The number of aromatic nitrogens is 1. The number of rotatable bonds is 7. The maximum Gasteiger partial charge on any atom is 0.416 e. The first-order chi connectivity index (χ1) is 19.2. The fourth-order valence-corrected chi connectivity index (χ4v) is 7.25. The molecule has 6 rings (SSSR count). The Morgan fingerprint density at radius 1 is 1.07 bits per heavy atom. The summed E-state index contributed by atoms with van der Waals surface area (Å²) in [5.41, 5.74) is -2.42. The highest BCUT2D eigenvalue weighted by Gasteiger charge is 2.45. The van der Waals surface area contributed by atoms with Crippen LogP contribution in [0.2, 0.25) is 0 Å². The topological polar surface area (TPSA) is 71.5 Å². The number of piperidine rings is 3. The summed E-state index contributed by atoms with van der Waals surface area (Å²) >= 11 is 0. The third-order valence-electron chi connectivity index (χ3n) is 8.01. The van der Waals surface area contributed by atoms with Crippen molar-refractivity contribution in [2.24, 2.45) is 11.8 Å². The van der Waals surface area contributed by atoms with Gasteiger partial charge in [0.15, 0.2) is 0 Å². The van der Waals surface area contributed by atoms with Gasteiger partial charge in [-0.2, -0.15) is 26.3 Å². The van der Waals surface area contributed by atoms with Gasteiger partial charge < -0.3 is 4.74 Å². The molecule has 6 nitrogen and oxygen atoms in total. The number of nitrogens with one attached hydrogen (secondary N) is 1. The van der Waals surface area contributed by atoms with E-state index in [1.165, 1.54) is 13.3 Å². The molecule has 4 heterocycles. The van der Waals surface area contributed by atoms with E-state index in [4.69, 9.17) is 4.74 Å². The lowest BCUT2D eigenvalue weighted by Crippen LogP contribution is -2.57. The van der Waals surface area contributed by atoms with Crippen molar-refractivity contribution in [3.8, 4) is 5.75 Å². The Hall–Kier alpha value is -3.16. The third-order valence-corrected chi connectivity index (χ3v) is 9.43. The number of methoxy groups -OCH3 is 1. The van der Waals surface area contributed by atoms with Crippen molar-refractivity contribution in [3.05, 3.63) is 78.0 Å². The number of alkyl halides is 6. The molecule has 3 aliphatic rings. The minimum absolute atomic E-state index is 0.0968. The van der Waals surface area contributed by atoms with Gasteiger partial charge in [-0.15, -0.1) is 6.58 Å². The fraction of sp³-hybridized carbons (Fsp3) is 0.393. The maximum atomic E-state index is 13.7. The van der Waals surface area contributed by atoms with Crippen molar-refractivity contribution >= 4 is 20.9 Å². The van der Waals surface area contributed by atoms with E-state index >= 15 is 0 Å². The zero-order chi connectivity index (χ0) is 29.7. The van der Waals surface area contributed by atoms with Crippen LogP contribution in [0.15, 0.2) is 66.2 Å². The SMILES string of the molecule is C=CC1CN2CCC1CC2[C@@H](NS(=O)(=O)c1cc(C(F)(F)F)cc(C(F)(F)F)c1)c1ccnc2ccc(OC)cc12. The smallest absolute Gasteiger partial charge is 0.416 e. The number of pyridine rings is 1. The zero-order valence-corrected chi connectivity index (χ0v) is 22.7. The molecular weight excluding hydrogens is 572 g/mol. The number of halogens is 6. The van der Waals surface area contributed by atoms with Gasteiger partial charge in [0.1, 0.15) is 5.75 Å². The molecule has 0 aliphatic carbocycles. The second kappa shape index (κ2) is 10.6. The first-order valence-electron chi connectivity index (χ1n) is 12.8. The third kappa shape index (κ3) is 5.80. The number of hydrogen-bond donors (Lipinski definition) is 1. The molecule has 3 saturated heterocycles. The van der Waals surface area contributed by atoms with Crippen LogP contribution in [0.25, 0.3) is 10.9 Å². The molecule has 5 atom stereocenters. The lowest BCUT2D eigenvalue weighted by Gasteiger charge is -2.51. The summed E-state index contributed by atoms with van der Waals surface area (Å²) < 4.78 is 116. The summed E-state index contributed by atoms with van der Waals surface area (Å²) in [6, 6.07) is 5.56. The van der Waals surface area contributed by atoms with E-state index in [9.17, 15) is 34.8 Å². The van der Waals surface area contributed by atoms with E-state index in [2.05, 4.69) is 21.2 Å². The molecule has 3 fully saturated rings. The molecule has 3 aromatic rings. The van der Waals surface area contributed by atoms with E-state index in [0.717, 1.165) is 6.42 Å². The van der Waals surface area contributed by atoms with Crippen LogP contribution in [0.5, 0.6) is 5.75 Å². The molecule has 41 heavy (non-hydrogen) atoms. The number of ether oxygens (including phenoxy) is 1. The van der Waals surface area contributed by atoms with E-state index < -0.39 is 50.5 Å². The molecule has 1 N–H and O–H groups in total. The molecular formula is C28H27F6N3O3S. The average molecular weight is 600 g/mol. The molecule has 0 amide bonds. The van der Waals surface area contributed by atoms with Gasteiger partial charge in [0, 0.05) is 24.2 Å². The highest BCUT2D eigenvalue weighted by atomic mass is 32.2. The van der Waals surface area contributed by atoms with Crippen molar-refractivity contribution in [1.29, 1.82) is 0 Å². The summed E-state index contributed by atoms with van der Waals surface area (Å²) in [5.74, 6) is 0.852. The predicted octanol–water partition coefficient (Wildman–Crippen LogP) is 6.20. The second-order valence-corrected chi connectivity index (χ2v) is 12.1. The molecule has 13 heteroatoms. The van der Waals surface area contributed by atoms with E-state index in [0.29, 0.717) is 41.7 Å². The van der Waals surface area contributed by atoms with Gasteiger partial charge in [0.25, 0.3) is 0 Å². The first-order valence-corrected chi connectivity index (χ1v) is 14.3. The second-order valence-electron chi connectivity index (χ2n) is 10.4. The minimum atomic E-state index is -5.20. The van der Waals surface area contributed by atoms with Crippen molar-refractivity contribution in [2.75, 3.05) is 20.2 Å². The Kier molecular flexibility index (Phi) is 7.58. The van der Waals surface area contributed by atoms with Crippen LogP contribution in [0.1, 0.15) is 35.6 Å². The van der Waals surface area contributed by atoms with Crippen LogP contribution in [0.4, 0.5) is 26.3 Å². The highest BCUT2D eigenvalue weighted by Crippen LogP contribution is 2.43. The summed E-state index contributed by atoms with van der Waals surface area (Å²) in [5, 5.41) is 0.544. The van der Waals surface area contributed by atoms with Crippen LogP contribution in [-0.4, -0.2) is 44.5 Å². The predicted molar refractivity (Wildman–Crippen MR) is 140 cm³/mol. The van der Waals surface area contributed by atoms with Gasteiger partial charge in [0.2, 0.25) is 10.0 Å². The van der Waals surface area contributed by atoms with Crippen LogP contribution < -0.4 is 9.46 Å². The standard InChI is InChI=1S/C28H27F6N3O3S/c1-3-16-15-37-9-7-17(16)10-25(37)26(22-6-8-35-24-5-4-20(40-2)14-23(22)24)36-41(38,39)21-12-18(27(29,30)31)11-19(13-21)28(32,33)34/h3-6,8,11-14,16-17,25-26,36H,1,7,9-10,15H2,2H3/t16?,17?,25?,26-/m0/s1. The molecule has 4 unspecified atom stereocenters. The number of fused-ring (bicyclic) bond motifs is 4. The summed E-state index contributed by atoms with van der Waals surface area (Å²) in [6.07, 6.45) is -5.64. The summed E-state index contributed by atoms with van der Waals surface area (Å²) in [6.45, 7) is 5.16. The largest absolute Gasteiger partial charge is 0.497 e. The maximum absolute atomic E-state index is 13.7. The summed E-state index contributed by atoms with van der Waals surface area (Å²) in [4.78, 5) is 5.31. The molecule has 0 spiro atoms. The lowest BCUT2D eigenvalue weighted by atomic mass is 9.73. The number of nitrogens with zero attached hydrogens (tertiary/aromatic N) is 2. The molecule has 3 aliphatic heterocycles. The number of hydrogen-bond acceptors (Lipinski definition) is 5. The van der Waals surface area contributed by atoms with E-state index in [1.54, 1.807) is 24.3 Å². The molecule has 1 aromatic heterocycles. The van der Waals surface area contributed by atoms with Gasteiger partial charge in [-0.05, 0) is 79.3 Å². The van der Waals surface area contributed by atoms with Crippen molar-refractivity contribution in [2.45, 2.75) is 42.2 Å². The Bertz CT molecular complexity index is 1540. The summed E-state index contributed by atoms with van der Waals surface area (Å²) in [7, 11) is -3.43. The van der Waals surface area contributed by atoms with Crippen LogP contribution in [-0.2, 0) is 22.4 Å². The van der Waals surface area contributed by atoms with Crippen LogP contribution >= 0.6 is 0 Å². The molecule has 0 radical (unpaired) electrons. The monoisotopic (exact) mass is 599 g/mol. The quantitative estimate of drug-likeness (QED) is 0.259. The van der Waals surface area contributed by atoms with Gasteiger partial charge in [-0.25, -0.2) is 13.1 Å². The van der Waals surface area contributed by atoms with Crippen LogP contribution in [0.3, 0.4) is 0 Å². The molecule has 2 bridgehead atoms. The average Bonchev–Trinajstić information content (AvgIpc) is 2.94. The molecule has 220 valence electrons. The Balaban J connectivity index is 1.65. The number of benzene rings is 2. The Labute approximate surface area is 233 Å². The van der Waals surface area contributed by atoms with Gasteiger partial charge >= 0.3 is 12.4 Å². The molecule has 0 saturated carbocycles. The number of sulfonamides is 1. The zero-order valence-electron chi connectivity index (χ0n) is 21.8.